The molecular weight excluding hydrogens is 342 g/mol. The third-order valence-electron chi connectivity index (χ3n) is 5.77. The fraction of sp³-hybridized carbons (Fsp3) is 0.619. The summed E-state index contributed by atoms with van der Waals surface area (Å²) in [4.78, 5) is 29.9. The van der Waals surface area contributed by atoms with Crippen molar-refractivity contribution in [1.82, 2.24) is 9.80 Å². The Bertz CT molecular complexity index is 678. The third kappa shape index (κ3) is 4.10. The monoisotopic (exact) mass is 373 g/mol. The lowest BCUT2D eigenvalue weighted by molar-refractivity contribution is -0.147. The molecule has 0 aromatic heterocycles. The van der Waals surface area contributed by atoms with Gasteiger partial charge in [0, 0.05) is 37.7 Å². The predicted molar refractivity (Wildman–Crippen MR) is 104 cm³/mol. The van der Waals surface area contributed by atoms with Gasteiger partial charge in [-0.3, -0.25) is 9.59 Å². The molecule has 27 heavy (non-hydrogen) atoms. The van der Waals surface area contributed by atoms with Crippen LogP contribution in [0.25, 0.3) is 0 Å². The van der Waals surface area contributed by atoms with Gasteiger partial charge in [-0.05, 0) is 25.3 Å². The molecule has 2 heterocycles. The molecule has 6 nitrogen and oxygen atoms in total. The molecule has 1 aromatic carbocycles. The van der Waals surface area contributed by atoms with Gasteiger partial charge in [-0.25, -0.2) is 0 Å². The molecular formula is C21H31N3O3. The van der Waals surface area contributed by atoms with Gasteiger partial charge < -0.3 is 20.3 Å². The summed E-state index contributed by atoms with van der Waals surface area (Å²) in [6.07, 6.45) is 3.77. The lowest BCUT2D eigenvalue weighted by atomic mass is 9.82. The SMILES string of the molecule is CCCCN1C(=O)CC[C@H](C(=O)N2CC[C@H](N)C2)[C@H]1c1ccccc1OC. The summed E-state index contributed by atoms with van der Waals surface area (Å²) in [5.41, 5.74) is 6.94. The molecule has 148 valence electrons. The van der Waals surface area contributed by atoms with Gasteiger partial charge in [0.25, 0.3) is 0 Å². The smallest absolute Gasteiger partial charge is 0.228 e. The summed E-state index contributed by atoms with van der Waals surface area (Å²) in [6.45, 7) is 4.09. The topological polar surface area (TPSA) is 75.9 Å². The number of unbranched alkanes of at least 4 members (excludes halogenated alkanes) is 1. The quantitative estimate of drug-likeness (QED) is 0.830. The summed E-state index contributed by atoms with van der Waals surface area (Å²) >= 11 is 0. The number of amides is 2. The molecule has 0 spiro atoms. The van der Waals surface area contributed by atoms with Crippen molar-refractivity contribution in [2.75, 3.05) is 26.7 Å². The number of ether oxygens (including phenoxy) is 1. The number of methoxy groups -OCH3 is 1. The standard InChI is InChI=1S/C21H31N3O3/c1-3-4-12-24-19(25)10-9-17(21(26)23-13-11-15(22)14-23)20(24)16-7-5-6-8-18(16)27-2/h5-8,15,17,20H,3-4,9-14,22H2,1-2H3/t15-,17-,20+/m0/s1. The molecule has 2 fully saturated rings. The van der Waals surface area contributed by atoms with E-state index in [0.717, 1.165) is 30.6 Å². The zero-order valence-corrected chi connectivity index (χ0v) is 16.4. The Morgan fingerprint density at radius 1 is 1.30 bits per heavy atom. The van der Waals surface area contributed by atoms with E-state index in [0.29, 0.717) is 32.5 Å². The molecule has 2 N–H and O–H groups in total. The zero-order valence-electron chi connectivity index (χ0n) is 16.4. The first-order valence-electron chi connectivity index (χ1n) is 10.0. The minimum absolute atomic E-state index is 0.0556. The number of piperidine rings is 1. The van der Waals surface area contributed by atoms with Crippen LogP contribution in [0.4, 0.5) is 0 Å². The van der Waals surface area contributed by atoms with Crippen LogP contribution in [0.1, 0.15) is 50.6 Å². The van der Waals surface area contributed by atoms with E-state index in [1.165, 1.54) is 0 Å². The van der Waals surface area contributed by atoms with Crippen LogP contribution >= 0.6 is 0 Å². The van der Waals surface area contributed by atoms with Crippen LogP contribution in [0.2, 0.25) is 0 Å². The van der Waals surface area contributed by atoms with E-state index < -0.39 is 0 Å². The van der Waals surface area contributed by atoms with Crippen molar-refractivity contribution in [3.63, 3.8) is 0 Å². The summed E-state index contributed by atoms with van der Waals surface area (Å²) in [7, 11) is 1.64. The van der Waals surface area contributed by atoms with Gasteiger partial charge >= 0.3 is 0 Å². The number of carbonyl (C=O) groups excluding carboxylic acids is 2. The van der Waals surface area contributed by atoms with E-state index in [2.05, 4.69) is 6.92 Å². The van der Waals surface area contributed by atoms with Crippen molar-refractivity contribution in [3.05, 3.63) is 29.8 Å². The zero-order chi connectivity index (χ0) is 19.4. The lowest BCUT2D eigenvalue weighted by Crippen LogP contribution is -2.49. The van der Waals surface area contributed by atoms with Gasteiger partial charge in [-0.1, -0.05) is 31.5 Å². The highest BCUT2D eigenvalue weighted by Crippen LogP contribution is 2.41. The van der Waals surface area contributed by atoms with E-state index in [1.807, 2.05) is 34.1 Å². The highest BCUT2D eigenvalue weighted by Gasteiger charge is 2.43. The van der Waals surface area contributed by atoms with Gasteiger partial charge in [-0.2, -0.15) is 0 Å². The summed E-state index contributed by atoms with van der Waals surface area (Å²) in [6, 6.07) is 7.52. The van der Waals surface area contributed by atoms with Crippen LogP contribution in [0, 0.1) is 5.92 Å². The molecule has 2 aliphatic heterocycles. The van der Waals surface area contributed by atoms with Crippen molar-refractivity contribution in [2.24, 2.45) is 11.7 Å². The van der Waals surface area contributed by atoms with E-state index in [1.54, 1.807) is 7.11 Å². The maximum atomic E-state index is 13.3. The third-order valence-corrected chi connectivity index (χ3v) is 5.77. The van der Waals surface area contributed by atoms with E-state index >= 15 is 0 Å². The summed E-state index contributed by atoms with van der Waals surface area (Å²) in [5.74, 6) is 0.727. The second kappa shape index (κ2) is 8.74. The van der Waals surface area contributed by atoms with Crippen LogP contribution in [0.15, 0.2) is 24.3 Å². The Kier molecular flexibility index (Phi) is 6.37. The van der Waals surface area contributed by atoms with Gasteiger partial charge in [-0.15, -0.1) is 0 Å². The number of para-hydroxylation sites is 1. The summed E-state index contributed by atoms with van der Waals surface area (Å²) in [5, 5.41) is 0. The highest BCUT2D eigenvalue weighted by molar-refractivity contribution is 5.85. The van der Waals surface area contributed by atoms with Gasteiger partial charge in [0.15, 0.2) is 0 Å². The van der Waals surface area contributed by atoms with Crippen LogP contribution in [0.3, 0.4) is 0 Å². The Morgan fingerprint density at radius 3 is 2.74 bits per heavy atom. The van der Waals surface area contributed by atoms with E-state index in [-0.39, 0.29) is 29.8 Å². The van der Waals surface area contributed by atoms with Crippen molar-refractivity contribution in [3.8, 4) is 5.75 Å². The molecule has 3 rings (SSSR count). The minimum atomic E-state index is -0.279. The lowest BCUT2D eigenvalue weighted by Gasteiger charge is -2.42. The Hall–Kier alpha value is -2.08. The van der Waals surface area contributed by atoms with Crippen LogP contribution < -0.4 is 10.5 Å². The number of carbonyl (C=O) groups is 2. The fourth-order valence-electron chi connectivity index (χ4n) is 4.32. The molecule has 0 saturated carbocycles. The fourth-order valence-corrected chi connectivity index (χ4v) is 4.32. The first kappa shape index (κ1) is 19.7. The van der Waals surface area contributed by atoms with Gasteiger partial charge in [0.1, 0.15) is 5.75 Å². The second-order valence-electron chi connectivity index (χ2n) is 7.61. The first-order chi connectivity index (χ1) is 13.1. The number of likely N-dealkylation sites (tertiary alicyclic amines) is 2. The van der Waals surface area contributed by atoms with Gasteiger partial charge in [0.2, 0.25) is 11.8 Å². The number of nitrogens with zero attached hydrogens (tertiary/aromatic N) is 2. The Labute approximate surface area is 161 Å². The van der Waals surface area contributed by atoms with Crippen LogP contribution in [0.5, 0.6) is 5.75 Å². The summed E-state index contributed by atoms with van der Waals surface area (Å²) < 4.78 is 5.57. The maximum absolute atomic E-state index is 13.3. The molecule has 1 aromatic rings. The number of hydrogen-bond acceptors (Lipinski definition) is 4. The number of nitrogens with two attached hydrogens (primary N) is 1. The molecule has 2 amide bonds. The maximum Gasteiger partial charge on any atom is 0.228 e. The average molecular weight is 373 g/mol. The minimum Gasteiger partial charge on any atom is -0.496 e. The van der Waals surface area contributed by atoms with E-state index in [9.17, 15) is 9.59 Å². The molecule has 3 atom stereocenters. The molecule has 2 aliphatic rings. The van der Waals surface area contributed by atoms with Crippen molar-refractivity contribution < 1.29 is 14.3 Å². The van der Waals surface area contributed by atoms with E-state index in [4.69, 9.17) is 10.5 Å². The van der Waals surface area contributed by atoms with Crippen LogP contribution in [-0.4, -0.2) is 54.4 Å². The molecule has 0 radical (unpaired) electrons. The van der Waals surface area contributed by atoms with Crippen molar-refractivity contribution in [2.45, 2.75) is 51.1 Å². The second-order valence-corrected chi connectivity index (χ2v) is 7.61. The normalized spacial score (nSPS) is 25.7. The van der Waals surface area contributed by atoms with Crippen LogP contribution in [-0.2, 0) is 9.59 Å². The molecule has 0 aliphatic carbocycles. The Morgan fingerprint density at radius 2 is 2.07 bits per heavy atom. The molecule has 6 heteroatoms. The average Bonchev–Trinajstić information content (AvgIpc) is 3.12. The number of rotatable bonds is 6. The highest BCUT2D eigenvalue weighted by atomic mass is 16.5. The molecule has 0 unspecified atom stereocenters. The predicted octanol–water partition coefficient (Wildman–Crippen LogP) is 2.33. The van der Waals surface area contributed by atoms with Crippen molar-refractivity contribution >= 4 is 11.8 Å². The number of hydrogen-bond donors (Lipinski definition) is 1. The molecule has 0 bridgehead atoms. The Balaban J connectivity index is 1.96. The first-order valence-corrected chi connectivity index (χ1v) is 10.0. The van der Waals surface area contributed by atoms with Gasteiger partial charge in [0.05, 0.1) is 19.1 Å². The molecule has 2 saturated heterocycles. The largest absolute Gasteiger partial charge is 0.496 e. The number of benzene rings is 1. The van der Waals surface area contributed by atoms with Crippen molar-refractivity contribution in [1.29, 1.82) is 0 Å².